The van der Waals surface area contributed by atoms with E-state index in [0.717, 1.165) is 0 Å². The Morgan fingerprint density at radius 2 is 1.31 bits per heavy atom. The van der Waals surface area contributed by atoms with Crippen LogP contribution in [-0.2, 0) is 26.1 Å². The fourth-order valence-electron chi connectivity index (χ4n) is 6.64. The molecule has 0 atom stereocenters. The van der Waals surface area contributed by atoms with Crippen LogP contribution in [0, 0.1) is 70.8 Å². The lowest BCUT2D eigenvalue weighted by atomic mass is 9.76. The molecule has 2 aliphatic carbocycles. The first-order valence-electron chi connectivity index (χ1n) is 16.4. The molecule has 0 aromatic carbocycles. The highest BCUT2D eigenvalue weighted by Gasteiger charge is 2.32. The smallest absolute Gasteiger partial charge is 0.361 e. The molecule has 3 rings (SSSR count). The molecule has 0 amide bonds. The molecule has 0 aliphatic heterocycles. The summed E-state index contributed by atoms with van der Waals surface area (Å²) in [6.07, 6.45) is 14.4. The largest absolute Gasteiger partial charge is 0.763 e. The van der Waals surface area contributed by atoms with Gasteiger partial charge in [0.2, 0.25) is 5.55 Å². The number of nitrogens with zero attached hydrogens (tertiary/aromatic N) is 7. The summed E-state index contributed by atoms with van der Waals surface area (Å²) in [5.41, 5.74) is -0.0216. The fraction of sp³-hybridized carbons (Fsp3) is 0.385. The average molecular weight is 699 g/mol. The van der Waals surface area contributed by atoms with E-state index >= 15 is 0 Å². The monoisotopic (exact) mass is 698 g/mol. The molecule has 1 heterocycles. The second-order valence-electron chi connectivity index (χ2n) is 12.1. The summed E-state index contributed by atoms with van der Waals surface area (Å²) in [5.74, 6) is 0.376. The number of aromatic nitrogens is 1. The molecule has 0 N–H and O–H groups in total. The predicted octanol–water partition coefficient (Wildman–Crippen LogP) is 4.62. The number of nitriles is 3. The third kappa shape index (κ3) is 9.50. The Bertz CT molecular complexity index is 2140. The third-order valence-electron chi connectivity index (χ3n) is 9.33. The van der Waals surface area contributed by atoms with Crippen molar-refractivity contribution in [3.8, 4) is 18.2 Å². The van der Waals surface area contributed by atoms with Crippen molar-refractivity contribution in [1.29, 1.82) is 15.8 Å². The summed E-state index contributed by atoms with van der Waals surface area (Å²) in [6.45, 7) is 15.0. The number of oxazole rings is 1. The summed E-state index contributed by atoms with van der Waals surface area (Å²) in [5, 5.41) is 39.4. The highest BCUT2D eigenvalue weighted by atomic mass is 16.5. The molecular weight excluding hydrogens is 662 g/mol. The maximum atomic E-state index is 12.7. The van der Waals surface area contributed by atoms with Crippen LogP contribution in [0.25, 0.3) is 27.3 Å². The van der Waals surface area contributed by atoms with Crippen molar-refractivity contribution in [3.05, 3.63) is 114 Å². The highest BCUT2D eigenvalue weighted by Crippen LogP contribution is 2.39. The van der Waals surface area contributed by atoms with E-state index in [0.29, 0.717) is 62.5 Å². The van der Waals surface area contributed by atoms with E-state index in [1.807, 2.05) is 12.1 Å². The van der Waals surface area contributed by atoms with Crippen LogP contribution in [-0.4, -0.2) is 36.6 Å². The van der Waals surface area contributed by atoms with E-state index in [9.17, 15) is 35.6 Å². The molecule has 0 unspecified atom stereocenters. The van der Waals surface area contributed by atoms with E-state index < -0.39 is 5.63 Å². The minimum absolute atomic E-state index is 0.111. The van der Waals surface area contributed by atoms with E-state index in [-0.39, 0.29) is 69.0 Å². The van der Waals surface area contributed by atoms with E-state index in [2.05, 4.69) is 21.6 Å². The number of rotatable bonds is 10. The number of esters is 2. The van der Waals surface area contributed by atoms with Crippen molar-refractivity contribution in [2.45, 2.75) is 51.4 Å². The van der Waals surface area contributed by atoms with Gasteiger partial charge in [0.1, 0.15) is 5.35 Å². The zero-order chi connectivity index (χ0) is 38.2. The van der Waals surface area contributed by atoms with Gasteiger partial charge in [0.15, 0.2) is 0 Å². The predicted molar refractivity (Wildman–Crippen MR) is 189 cm³/mol. The molecule has 264 valence electrons. The Balaban J connectivity index is 1.89. The van der Waals surface area contributed by atoms with Crippen molar-refractivity contribution in [3.63, 3.8) is 0 Å². The second-order valence-corrected chi connectivity index (χ2v) is 12.1. The lowest BCUT2D eigenvalue weighted by molar-refractivity contribution is -0.147. The van der Waals surface area contributed by atoms with Crippen LogP contribution in [0.4, 0.5) is 0 Å². The molecule has 0 bridgehead atoms. The summed E-state index contributed by atoms with van der Waals surface area (Å²) in [4.78, 5) is 43.4. The van der Waals surface area contributed by atoms with Crippen LogP contribution >= 0.6 is 0 Å². The van der Waals surface area contributed by atoms with E-state index in [4.69, 9.17) is 27.0 Å². The van der Waals surface area contributed by atoms with Crippen LogP contribution in [0.15, 0.2) is 73.3 Å². The van der Waals surface area contributed by atoms with Crippen molar-refractivity contribution >= 4 is 30.0 Å². The van der Waals surface area contributed by atoms with Gasteiger partial charge in [0, 0.05) is 12.6 Å². The van der Waals surface area contributed by atoms with Gasteiger partial charge in [-0.2, -0.15) is 5.26 Å². The zero-order valence-corrected chi connectivity index (χ0v) is 29.1. The Morgan fingerprint density at radius 3 is 1.77 bits per heavy atom. The van der Waals surface area contributed by atoms with Gasteiger partial charge in [-0.3, -0.25) is 15.5 Å². The fourth-order valence-corrected chi connectivity index (χ4v) is 6.64. The number of ether oxygens (including phenoxy) is 2. The Kier molecular flexibility index (Phi) is 14.9. The molecule has 13 heteroatoms. The van der Waals surface area contributed by atoms with Crippen molar-refractivity contribution in [2.75, 3.05) is 14.2 Å². The van der Waals surface area contributed by atoms with Crippen molar-refractivity contribution in [2.24, 2.45) is 30.7 Å². The second kappa shape index (κ2) is 19.5. The number of methoxy groups -OCH3 is 2. The van der Waals surface area contributed by atoms with Crippen LogP contribution < -0.4 is 16.5 Å². The van der Waals surface area contributed by atoms with Gasteiger partial charge in [-0.15, -0.1) is 0 Å². The van der Waals surface area contributed by atoms with Crippen molar-refractivity contribution < 1.29 is 23.5 Å². The first-order valence-corrected chi connectivity index (χ1v) is 16.4. The van der Waals surface area contributed by atoms with Crippen molar-refractivity contribution in [1.82, 2.24) is 4.57 Å². The highest BCUT2D eigenvalue weighted by molar-refractivity contribution is 5.75. The van der Waals surface area contributed by atoms with E-state index in [1.54, 1.807) is 7.05 Å². The maximum absolute atomic E-state index is 12.7. The molecule has 2 aliphatic rings. The topological polar surface area (TPSA) is 190 Å². The summed E-state index contributed by atoms with van der Waals surface area (Å²) in [6, 6.07) is 5.86. The number of hydrogen-bond acceptors (Lipinski definition) is 9. The third-order valence-corrected chi connectivity index (χ3v) is 9.33. The molecule has 1 aromatic rings. The maximum Gasteiger partial charge on any atom is 0.361 e. The number of carbonyl (C=O) groups is 2. The Labute approximate surface area is 301 Å². The van der Waals surface area contributed by atoms with Gasteiger partial charge in [0.25, 0.3) is 11.4 Å². The average Bonchev–Trinajstić information content (AvgIpc) is 3.45. The summed E-state index contributed by atoms with van der Waals surface area (Å²) < 4.78 is 16.6. The molecule has 13 nitrogen and oxygen atoms in total. The van der Waals surface area contributed by atoms with Gasteiger partial charge in [-0.05, 0) is 104 Å². The lowest BCUT2D eigenvalue weighted by Crippen LogP contribution is -2.29. The molecular formula is C39H36N7O6-. The molecule has 2 saturated carbocycles. The number of allylic oxidation sites excluding steroid dienone is 11. The normalized spacial score (nSPS) is 22.1. The van der Waals surface area contributed by atoms with Gasteiger partial charge >= 0.3 is 17.6 Å². The van der Waals surface area contributed by atoms with E-state index in [1.165, 1.54) is 61.3 Å². The quantitative estimate of drug-likeness (QED) is 0.110. The standard InChI is InChI=1S/C39H36N7O6/c1-44-31(23-42)35(25-13-17-27(18-14-25)37(47)50-4)29(21-40)9-6-7-11-33-39(49)52-34(46(33)3)12-8-10-30(22-41)36(32(24-43)45-2)26-15-19-28(20-16-26)38(48)51-5/h6-12,25-28H,13-20H2,3-5H3/q-1/b7-6+,10-8+,29-9+,33-11+,34-12-,35-31-,36-32+. The summed E-state index contributed by atoms with van der Waals surface area (Å²) >= 11 is 0. The molecule has 0 radical (unpaired) electrons. The van der Waals surface area contributed by atoms with Gasteiger partial charge < -0.3 is 23.9 Å². The van der Waals surface area contributed by atoms with Crippen LogP contribution in [0.3, 0.4) is 0 Å². The molecule has 52 heavy (non-hydrogen) atoms. The van der Waals surface area contributed by atoms with Gasteiger partial charge in [-0.25, -0.2) is 25.0 Å². The first-order chi connectivity index (χ1) is 25.1. The minimum atomic E-state index is -0.661. The van der Waals surface area contributed by atoms with Crippen LogP contribution in [0.5, 0.6) is 0 Å². The number of carbonyl (C=O) groups excluding carboxylic acids is 2. The molecule has 0 spiro atoms. The van der Waals surface area contributed by atoms with Crippen LogP contribution in [0.2, 0.25) is 0 Å². The van der Waals surface area contributed by atoms with Gasteiger partial charge in [-0.1, -0.05) is 18.2 Å². The molecule has 0 saturated heterocycles. The van der Waals surface area contributed by atoms with Gasteiger partial charge in [0.05, 0.1) is 57.4 Å². The lowest BCUT2D eigenvalue weighted by Gasteiger charge is -2.29. The zero-order valence-electron chi connectivity index (χ0n) is 29.1. The minimum Gasteiger partial charge on any atom is -0.763 e. The summed E-state index contributed by atoms with van der Waals surface area (Å²) in [7, 11) is 4.25. The number of hydrogen-bond donors (Lipinski definition) is 0. The Hall–Kier alpha value is -6.71. The SMILES string of the molecule is [C-]#[N+]\C(C#N)=C(/C(C#N)=C/C=C/C=c1\c(=O)o/c(=C\C=C\C(=C=[N-])/C(=C(\C#N)[N+]#[C-])C2CCC(C(=O)OC)CC2)n1C)C1CCC(C(=O)OC)CC1. The molecule has 2 fully saturated rings. The Morgan fingerprint density at radius 1 is 0.808 bits per heavy atom. The molecule has 1 aromatic heterocycles. The van der Waals surface area contributed by atoms with Crippen LogP contribution in [0.1, 0.15) is 51.4 Å². The first kappa shape index (κ1) is 39.7.